The smallest absolute Gasteiger partial charge is 0.119 e. The Kier molecular flexibility index (Phi) is 2.13. The van der Waals surface area contributed by atoms with Crippen LogP contribution in [-0.2, 0) is 11.8 Å². The molecule has 2 heteroatoms. The Balaban J connectivity index is 2.22. The first-order chi connectivity index (χ1) is 7.97. The van der Waals surface area contributed by atoms with Gasteiger partial charge in [-0.25, -0.2) is 0 Å². The summed E-state index contributed by atoms with van der Waals surface area (Å²) in [5, 5.41) is 13.7. The highest BCUT2D eigenvalue weighted by Crippen LogP contribution is 2.54. The highest BCUT2D eigenvalue weighted by Gasteiger charge is 2.53. The first-order valence-electron chi connectivity index (χ1n) is 6.51. The van der Waals surface area contributed by atoms with Crippen LogP contribution in [-0.4, -0.2) is 17.7 Å². The second-order valence-electron chi connectivity index (χ2n) is 6.31. The fraction of sp³-hybridized carbons (Fsp3) is 0.600. The largest absolute Gasteiger partial charge is 0.508 e. The van der Waals surface area contributed by atoms with Crippen LogP contribution in [0.3, 0.4) is 0 Å². The summed E-state index contributed by atoms with van der Waals surface area (Å²) in [7, 11) is 0. The van der Waals surface area contributed by atoms with E-state index in [9.17, 15) is 5.11 Å². The Hall–Kier alpha value is -1.02. The Labute approximate surface area is 103 Å². The molecule has 1 heterocycles. The average molecular weight is 231 g/mol. The molecule has 2 atom stereocenters. The van der Waals surface area contributed by atoms with Crippen molar-refractivity contribution in [1.82, 2.24) is 5.32 Å². The number of phenolic OH excluding ortho intramolecular Hbond substituents is 1. The van der Waals surface area contributed by atoms with E-state index in [1.807, 2.05) is 12.1 Å². The van der Waals surface area contributed by atoms with Crippen molar-refractivity contribution in [2.75, 3.05) is 6.54 Å². The maximum atomic E-state index is 10.1. The van der Waals surface area contributed by atoms with Crippen molar-refractivity contribution in [3.8, 4) is 5.75 Å². The van der Waals surface area contributed by atoms with Gasteiger partial charge in [0.05, 0.1) is 0 Å². The average Bonchev–Trinajstić information content (AvgIpc) is 2.64. The van der Waals surface area contributed by atoms with Crippen molar-refractivity contribution < 1.29 is 5.11 Å². The lowest BCUT2D eigenvalue weighted by Gasteiger charge is -2.50. The summed E-state index contributed by atoms with van der Waals surface area (Å²) in [5.41, 5.74) is 2.90. The van der Waals surface area contributed by atoms with Gasteiger partial charge in [-0.3, -0.25) is 0 Å². The molecule has 3 rings (SSSR count). The zero-order chi connectivity index (χ0) is 12.3. The van der Waals surface area contributed by atoms with Crippen LogP contribution in [0.25, 0.3) is 0 Å². The molecule has 1 aromatic carbocycles. The van der Waals surface area contributed by atoms with Gasteiger partial charge in [-0.05, 0) is 47.4 Å². The fourth-order valence-electron chi connectivity index (χ4n) is 3.84. The molecule has 0 spiro atoms. The lowest BCUT2D eigenvalue weighted by molar-refractivity contribution is 0.129. The Morgan fingerprint density at radius 1 is 1.29 bits per heavy atom. The van der Waals surface area contributed by atoms with E-state index in [0.29, 0.717) is 17.2 Å². The van der Waals surface area contributed by atoms with Crippen LogP contribution in [0.5, 0.6) is 5.75 Å². The van der Waals surface area contributed by atoms with Gasteiger partial charge in [0.1, 0.15) is 5.75 Å². The van der Waals surface area contributed by atoms with Gasteiger partial charge in [-0.1, -0.05) is 32.9 Å². The van der Waals surface area contributed by atoms with E-state index in [1.165, 1.54) is 12.0 Å². The highest BCUT2D eigenvalue weighted by molar-refractivity contribution is 5.48. The van der Waals surface area contributed by atoms with Crippen LogP contribution in [0, 0.1) is 5.41 Å². The number of fused-ring (bicyclic) bond motifs is 2. The third-order valence-electron chi connectivity index (χ3n) is 5.46. The van der Waals surface area contributed by atoms with Crippen molar-refractivity contribution in [1.29, 1.82) is 0 Å². The maximum Gasteiger partial charge on any atom is 0.119 e. The van der Waals surface area contributed by atoms with E-state index < -0.39 is 0 Å². The predicted octanol–water partition coefficient (Wildman–Crippen LogP) is 2.59. The van der Waals surface area contributed by atoms with E-state index in [2.05, 4.69) is 32.2 Å². The molecular weight excluding hydrogens is 210 g/mol. The first-order valence-corrected chi connectivity index (χ1v) is 6.51. The van der Waals surface area contributed by atoms with Crippen LogP contribution in [0.2, 0.25) is 0 Å². The minimum absolute atomic E-state index is 0.119. The van der Waals surface area contributed by atoms with Gasteiger partial charge < -0.3 is 10.4 Å². The second-order valence-corrected chi connectivity index (χ2v) is 6.31. The Bertz CT molecular complexity index is 466. The van der Waals surface area contributed by atoms with Crippen molar-refractivity contribution in [3.05, 3.63) is 29.3 Å². The van der Waals surface area contributed by atoms with Gasteiger partial charge in [-0.2, -0.15) is 0 Å². The van der Waals surface area contributed by atoms with Crippen molar-refractivity contribution >= 4 is 0 Å². The van der Waals surface area contributed by atoms with Crippen molar-refractivity contribution in [2.24, 2.45) is 5.41 Å². The zero-order valence-corrected chi connectivity index (χ0v) is 10.9. The SMILES string of the molecule is CC1(C)c2cccc(O)c2CC2NCCC21C. The molecule has 1 saturated heterocycles. The number of benzene rings is 1. The normalized spacial score (nSPS) is 34.2. The summed E-state index contributed by atoms with van der Waals surface area (Å²) in [4.78, 5) is 0. The Morgan fingerprint density at radius 2 is 2.06 bits per heavy atom. The molecule has 1 aliphatic carbocycles. The fourth-order valence-corrected chi connectivity index (χ4v) is 3.84. The van der Waals surface area contributed by atoms with Crippen molar-refractivity contribution in [2.45, 2.75) is 45.1 Å². The number of hydrogen-bond acceptors (Lipinski definition) is 2. The van der Waals surface area contributed by atoms with E-state index in [-0.39, 0.29) is 5.41 Å². The number of hydrogen-bond donors (Lipinski definition) is 2. The number of rotatable bonds is 0. The molecule has 2 nitrogen and oxygen atoms in total. The van der Waals surface area contributed by atoms with Crippen LogP contribution in [0.1, 0.15) is 38.3 Å². The molecule has 0 amide bonds. The summed E-state index contributed by atoms with van der Waals surface area (Å²) in [6.07, 6.45) is 2.18. The van der Waals surface area contributed by atoms with Gasteiger partial charge in [0.15, 0.2) is 0 Å². The highest BCUT2D eigenvalue weighted by atomic mass is 16.3. The van der Waals surface area contributed by atoms with Gasteiger partial charge in [0.2, 0.25) is 0 Å². The quantitative estimate of drug-likeness (QED) is 0.719. The molecule has 0 aromatic heterocycles. The molecule has 1 aromatic rings. The molecule has 17 heavy (non-hydrogen) atoms. The lowest BCUT2D eigenvalue weighted by atomic mass is 9.54. The summed E-state index contributed by atoms with van der Waals surface area (Å²) >= 11 is 0. The van der Waals surface area contributed by atoms with Crippen LogP contribution >= 0.6 is 0 Å². The van der Waals surface area contributed by atoms with Crippen molar-refractivity contribution in [3.63, 3.8) is 0 Å². The molecule has 2 aliphatic rings. The number of phenols is 1. The van der Waals surface area contributed by atoms with Crippen LogP contribution in [0.4, 0.5) is 0 Å². The third kappa shape index (κ3) is 1.25. The van der Waals surface area contributed by atoms with Gasteiger partial charge in [0.25, 0.3) is 0 Å². The molecule has 92 valence electrons. The van der Waals surface area contributed by atoms with Crippen LogP contribution in [0.15, 0.2) is 18.2 Å². The zero-order valence-electron chi connectivity index (χ0n) is 10.9. The molecule has 0 radical (unpaired) electrons. The topological polar surface area (TPSA) is 32.3 Å². The lowest BCUT2D eigenvalue weighted by Crippen LogP contribution is -2.52. The monoisotopic (exact) mass is 231 g/mol. The molecule has 2 unspecified atom stereocenters. The molecule has 1 aliphatic heterocycles. The summed E-state index contributed by atoms with van der Waals surface area (Å²) in [6, 6.07) is 6.47. The molecule has 0 saturated carbocycles. The third-order valence-corrected chi connectivity index (χ3v) is 5.46. The summed E-state index contributed by atoms with van der Waals surface area (Å²) < 4.78 is 0. The van der Waals surface area contributed by atoms with E-state index in [4.69, 9.17) is 0 Å². The number of nitrogens with one attached hydrogen (secondary N) is 1. The van der Waals surface area contributed by atoms with Crippen LogP contribution < -0.4 is 5.32 Å². The minimum Gasteiger partial charge on any atom is -0.508 e. The van der Waals surface area contributed by atoms with Gasteiger partial charge >= 0.3 is 0 Å². The van der Waals surface area contributed by atoms with E-state index in [1.54, 1.807) is 0 Å². The molecule has 2 N–H and O–H groups in total. The predicted molar refractivity (Wildman–Crippen MR) is 69.4 cm³/mol. The van der Waals surface area contributed by atoms with Gasteiger partial charge in [-0.15, -0.1) is 0 Å². The molecule has 0 bridgehead atoms. The standard InChI is InChI=1S/C15H21NO/c1-14(2)11-5-4-6-12(17)10(11)9-13-15(14,3)7-8-16-13/h4-6,13,16-17H,7-9H2,1-3H3. The second kappa shape index (κ2) is 3.26. The van der Waals surface area contributed by atoms with Gasteiger partial charge in [0, 0.05) is 6.04 Å². The maximum absolute atomic E-state index is 10.1. The summed E-state index contributed by atoms with van der Waals surface area (Å²) in [6.45, 7) is 8.14. The first kappa shape index (κ1) is 11.1. The summed E-state index contributed by atoms with van der Waals surface area (Å²) in [5.74, 6) is 0.464. The Morgan fingerprint density at radius 3 is 2.82 bits per heavy atom. The number of aromatic hydroxyl groups is 1. The minimum atomic E-state index is 0.119. The van der Waals surface area contributed by atoms with E-state index in [0.717, 1.165) is 18.5 Å². The van der Waals surface area contributed by atoms with E-state index >= 15 is 0 Å². The molecule has 1 fully saturated rings. The molecular formula is C15H21NO.